The average molecular weight is 128 g/mol. The van der Waals surface area contributed by atoms with E-state index in [1.165, 1.54) is 19.3 Å². The van der Waals surface area contributed by atoms with Gasteiger partial charge in [-0.25, -0.2) is 0 Å². The maximum atomic E-state index is 6.90. The van der Waals surface area contributed by atoms with Crippen molar-refractivity contribution < 1.29 is 0 Å². The van der Waals surface area contributed by atoms with Gasteiger partial charge in [0.1, 0.15) is 0 Å². The lowest BCUT2D eigenvalue weighted by Crippen LogP contribution is -1.93. The smallest absolute Gasteiger partial charge is 0.00997 e. The van der Waals surface area contributed by atoms with Gasteiger partial charge >= 0.3 is 0 Å². The molecule has 9 heavy (non-hydrogen) atoms. The summed E-state index contributed by atoms with van der Waals surface area (Å²) in [5, 5.41) is 0. The molecule has 0 fully saturated rings. The zero-order valence-electron chi connectivity index (χ0n) is 6.61. The molecule has 0 amide bonds. The monoisotopic (exact) mass is 128 g/mol. The summed E-state index contributed by atoms with van der Waals surface area (Å²) in [5.41, 5.74) is 6.90. The van der Waals surface area contributed by atoms with Crippen molar-refractivity contribution in [1.29, 1.82) is 0 Å². The Balaban J connectivity index is 2.88. The summed E-state index contributed by atoms with van der Waals surface area (Å²) >= 11 is 0. The second-order valence-electron chi connectivity index (χ2n) is 2.76. The highest BCUT2D eigenvalue weighted by Gasteiger charge is 1.96. The third-order valence-electron chi connectivity index (χ3n) is 1.82. The summed E-state index contributed by atoms with van der Waals surface area (Å²) in [6.07, 6.45) is 4.94. The minimum Gasteiger partial charge on any atom is -0.258 e. The number of hydrogen-bond acceptors (Lipinski definition) is 0. The molecule has 0 aromatic rings. The summed E-state index contributed by atoms with van der Waals surface area (Å²) in [7, 11) is 0. The van der Waals surface area contributed by atoms with Crippen LogP contribution in [0.15, 0.2) is 0 Å². The van der Waals surface area contributed by atoms with Gasteiger partial charge in [0.05, 0.1) is 0 Å². The van der Waals surface area contributed by atoms with Gasteiger partial charge in [0.15, 0.2) is 0 Å². The first-order chi connectivity index (χ1) is 4.31. The van der Waals surface area contributed by atoms with Crippen LogP contribution in [-0.2, 0) is 0 Å². The number of unbranched alkanes of at least 4 members (excludes halogenated alkanes) is 1. The van der Waals surface area contributed by atoms with Crippen molar-refractivity contribution in [1.82, 2.24) is 5.73 Å². The fourth-order valence-electron chi connectivity index (χ4n) is 0.822. The summed E-state index contributed by atoms with van der Waals surface area (Å²) in [6, 6.07) is 0. The lowest BCUT2D eigenvalue weighted by molar-refractivity contribution is 0.486. The molecule has 1 N–H and O–H groups in total. The Hall–Kier alpha value is -0.0400. The van der Waals surface area contributed by atoms with E-state index in [0.717, 1.165) is 12.3 Å². The Morgan fingerprint density at radius 2 is 2.00 bits per heavy atom. The summed E-state index contributed by atoms with van der Waals surface area (Å²) in [4.78, 5) is 0. The summed E-state index contributed by atoms with van der Waals surface area (Å²) in [5.74, 6) is 0.872. The molecule has 1 nitrogen and oxygen atoms in total. The molecule has 0 heterocycles. The molecular formula is C8H18N. The maximum absolute atomic E-state index is 6.90. The van der Waals surface area contributed by atoms with Gasteiger partial charge in [-0.3, -0.25) is 5.73 Å². The quantitative estimate of drug-likeness (QED) is 0.508. The molecule has 0 aromatic carbocycles. The Morgan fingerprint density at radius 1 is 1.33 bits per heavy atom. The van der Waals surface area contributed by atoms with Gasteiger partial charge < -0.3 is 0 Å². The van der Waals surface area contributed by atoms with Gasteiger partial charge in [0.25, 0.3) is 0 Å². The van der Waals surface area contributed by atoms with Crippen LogP contribution in [0.2, 0.25) is 0 Å². The van der Waals surface area contributed by atoms with Gasteiger partial charge in [-0.2, -0.15) is 0 Å². The number of nitrogens with one attached hydrogen (secondary N) is 1. The maximum Gasteiger partial charge on any atom is 0.00997 e. The van der Waals surface area contributed by atoms with E-state index >= 15 is 0 Å². The predicted octanol–water partition coefficient (Wildman–Crippen LogP) is 2.49. The molecule has 0 rings (SSSR count). The third-order valence-corrected chi connectivity index (χ3v) is 1.82. The molecule has 0 bridgehead atoms. The van der Waals surface area contributed by atoms with E-state index < -0.39 is 0 Å². The van der Waals surface area contributed by atoms with E-state index in [2.05, 4.69) is 13.8 Å². The lowest BCUT2D eigenvalue weighted by atomic mass is 10.0. The zero-order chi connectivity index (χ0) is 7.11. The molecule has 0 saturated heterocycles. The molecule has 1 radical (unpaired) electrons. The van der Waals surface area contributed by atoms with Gasteiger partial charge in [0.2, 0.25) is 0 Å². The summed E-state index contributed by atoms with van der Waals surface area (Å²) < 4.78 is 0. The molecule has 0 aliphatic carbocycles. The zero-order valence-corrected chi connectivity index (χ0v) is 6.61. The minimum atomic E-state index is 0.608. The van der Waals surface area contributed by atoms with Crippen LogP contribution in [0.25, 0.3) is 0 Å². The molecule has 0 aliphatic heterocycles. The van der Waals surface area contributed by atoms with Crippen molar-refractivity contribution in [2.75, 3.05) is 6.54 Å². The number of rotatable bonds is 5. The van der Waals surface area contributed by atoms with Crippen LogP contribution in [0.4, 0.5) is 0 Å². The largest absolute Gasteiger partial charge is 0.258 e. The molecular weight excluding hydrogens is 110 g/mol. The molecule has 0 saturated carbocycles. The first kappa shape index (κ1) is 8.96. The topological polar surface area (TPSA) is 23.8 Å². The van der Waals surface area contributed by atoms with Crippen molar-refractivity contribution in [3.63, 3.8) is 0 Å². The minimum absolute atomic E-state index is 0.608. The highest BCUT2D eigenvalue weighted by Crippen LogP contribution is 2.09. The molecule has 0 aliphatic rings. The molecule has 1 heteroatoms. The Labute approximate surface area is 58.6 Å². The van der Waals surface area contributed by atoms with E-state index in [1.807, 2.05) is 0 Å². The van der Waals surface area contributed by atoms with Crippen LogP contribution in [0.5, 0.6) is 0 Å². The van der Waals surface area contributed by atoms with Crippen molar-refractivity contribution in [3.05, 3.63) is 0 Å². The fourth-order valence-corrected chi connectivity index (χ4v) is 0.822. The second-order valence-corrected chi connectivity index (χ2v) is 2.76. The van der Waals surface area contributed by atoms with Crippen molar-refractivity contribution in [3.8, 4) is 0 Å². The standard InChI is InChI=1S/C8H18N/c1-3-8(2)6-4-5-7-9/h8-9H,3-7H2,1-2H3. The number of hydrogen-bond donors (Lipinski definition) is 0. The van der Waals surface area contributed by atoms with Crippen molar-refractivity contribution >= 4 is 0 Å². The normalized spacial score (nSPS) is 13.7. The van der Waals surface area contributed by atoms with E-state index in [0.29, 0.717) is 6.54 Å². The van der Waals surface area contributed by atoms with Crippen LogP contribution in [0.1, 0.15) is 39.5 Å². The van der Waals surface area contributed by atoms with Crippen molar-refractivity contribution in [2.45, 2.75) is 39.5 Å². The van der Waals surface area contributed by atoms with Crippen LogP contribution >= 0.6 is 0 Å². The van der Waals surface area contributed by atoms with E-state index in [4.69, 9.17) is 5.73 Å². The van der Waals surface area contributed by atoms with Crippen LogP contribution in [-0.4, -0.2) is 6.54 Å². The van der Waals surface area contributed by atoms with Gasteiger partial charge in [0, 0.05) is 6.54 Å². The second kappa shape index (κ2) is 6.09. The Bertz CT molecular complexity index is 52.5. The van der Waals surface area contributed by atoms with Gasteiger partial charge in [-0.15, -0.1) is 0 Å². The highest BCUT2D eigenvalue weighted by atomic mass is 14.5. The Kier molecular flexibility index (Phi) is 6.06. The average Bonchev–Trinajstić information content (AvgIpc) is 1.89. The molecule has 0 spiro atoms. The molecule has 55 valence electrons. The molecule has 0 aromatic heterocycles. The lowest BCUT2D eigenvalue weighted by Gasteiger charge is -2.05. The van der Waals surface area contributed by atoms with Crippen LogP contribution in [0.3, 0.4) is 0 Å². The van der Waals surface area contributed by atoms with Gasteiger partial charge in [-0.05, 0) is 12.3 Å². The van der Waals surface area contributed by atoms with Crippen molar-refractivity contribution in [2.24, 2.45) is 5.92 Å². The molecule has 1 unspecified atom stereocenters. The Morgan fingerprint density at radius 3 is 2.44 bits per heavy atom. The SMILES string of the molecule is CCC(C)CCCC[NH]. The van der Waals surface area contributed by atoms with E-state index in [1.54, 1.807) is 0 Å². The van der Waals surface area contributed by atoms with Crippen LogP contribution < -0.4 is 5.73 Å². The van der Waals surface area contributed by atoms with Gasteiger partial charge in [-0.1, -0.05) is 33.1 Å². The first-order valence-corrected chi connectivity index (χ1v) is 3.95. The summed E-state index contributed by atoms with van der Waals surface area (Å²) in [6.45, 7) is 5.12. The first-order valence-electron chi connectivity index (χ1n) is 3.95. The van der Waals surface area contributed by atoms with E-state index in [-0.39, 0.29) is 0 Å². The highest BCUT2D eigenvalue weighted by molar-refractivity contribution is 4.50. The van der Waals surface area contributed by atoms with E-state index in [9.17, 15) is 0 Å². The molecule has 1 atom stereocenters. The van der Waals surface area contributed by atoms with Crippen LogP contribution in [0, 0.1) is 5.92 Å². The predicted molar refractivity (Wildman–Crippen MR) is 41.3 cm³/mol. The third kappa shape index (κ3) is 5.84. The fraction of sp³-hybridized carbons (Fsp3) is 1.00.